The quantitative estimate of drug-likeness (QED) is 0.888. The van der Waals surface area contributed by atoms with E-state index in [0.717, 1.165) is 23.4 Å². The standard InChI is InChI=1S/C13H23N3OS/c1-9-12(13(17-3)16(2)15-9)8-14-10-5-6-11(7-10)18-4/h10-11,14H,5-8H2,1-4H3. The van der Waals surface area contributed by atoms with Gasteiger partial charge >= 0.3 is 0 Å². The number of thioether (sulfide) groups is 1. The highest BCUT2D eigenvalue weighted by atomic mass is 32.2. The van der Waals surface area contributed by atoms with Gasteiger partial charge in [-0.25, -0.2) is 4.68 Å². The zero-order chi connectivity index (χ0) is 13.1. The van der Waals surface area contributed by atoms with Crippen molar-refractivity contribution >= 4 is 11.8 Å². The van der Waals surface area contributed by atoms with Crippen LogP contribution in [0, 0.1) is 6.92 Å². The van der Waals surface area contributed by atoms with E-state index in [1.54, 1.807) is 7.11 Å². The van der Waals surface area contributed by atoms with Crippen LogP contribution >= 0.6 is 11.8 Å². The molecule has 1 heterocycles. The molecule has 18 heavy (non-hydrogen) atoms. The summed E-state index contributed by atoms with van der Waals surface area (Å²) in [7, 11) is 3.63. The lowest BCUT2D eigenvalue weighted by Gasteiger charge is -2.13. The average Bonchev–Trinajstić information content (AvgIpc) is 2.91. The summed E-state index contributed by atoms with van der Waals surface area (Å²) < 4.78 is 7.22. The summed E-state index contributed by atoms with van der Waals surface area (Å²) in [6.45, 7) is 2.90. The summed E-state index contributed by atoms with van der Waals surface area (Å²) in [5.74, 6) is 0.874. The van der Waals surface area contributed by atoms with E-state index < -0.39 is 0 Å². The number of ether oxygens (including phenoxy) is 1. The number of nitrogens with one attached hydrogen (secondary N) is 1. The molecule has 0 aliphatic heterocycles. The molecule has 1 aliphatic carbocycles. The molecular weight excluding hydrogens is 246 g/mol. The molecule has 0 amide bonds. The van der Waals surface area contributed by atoms with E-state index in [9.17, 15) is 0 Å². The number of rotatable bonds is 5. The largest absolute Gasteiger partial charge is 0.481 e. The first kappa shape index (κ1) is 13.7. The molecule has 1 aromatic heterocycles. The summed E-state index contributed by atoms with van der Waals surface area (Å²) in [6.07, 6.45) is 6.11. The van der Waals surface area contributed by atoms with Crippen molar-refractivity contribution in [3.05, 3.63) is 11.3 Å². The fourth-order valence-corrected chi connectivity index (χ4v) is 3.52. The Kier molecular flexibility index (Phi) is 4.56. The van der Waals surface area contributed by atoms with E-state index in [-0.39, 0.29) is 0 Å². The van der Waals surface area contributed by atoms with Gasteiger partial charge in [0.25, 0.3) is 0 Å². The molecule has 0 spiro atoms. The summed E-state index contributed by atoms with van der Waals surface area (Å²) in [4.78, 5) is 0. The molecule has 0 saturated heterocycles. The first-order valence-corrected chi connectivity index (χ1v) is 7.77. The summed E-state index contributed by atoms with van der Waals surface area (Å²) in [6, 6.07) is 0.645. The molecule has 2 rings (SSSR count). The van der Waals surface area contributed by atoms with E-state index in [2.05, 4.69) is 16.7 Å². The fourth-order valence-electron chi connectivity index (χ4n) is 2.73. The van der Waals surface area contributed by atoms with Crippen molar-refractivity contribution in [3.63, 3.8) is 0 Å². The highest BCUT2D eigenvalue weighted by Gasteiger charge is 2.24. The Hall–Kier alpha value is -0.680. The Labute approximate surface area is 113 Å². The lowest BCUT2D eigenvalue weighted by molar-refractivity contribution is 0.366. The van der Waals surface area contributed by atoms with Gasteiger partial charge in [0.15, 0.2) is 0 Å². The van der Waals surface area contributed by atoms with Crippen molar-refractivity contribution < 1.29 is 4.74 Å². The third-order valence-electron chi connectivity index (χ3n) is 3.77. The number of nitrogens with zero attached hydrogens (tertiary/aromatic N) is 2. The molecule has 2 unspecified atom stereocenters. The van der Waals surface area contributed by atoms with Gasteiger partial charge in [-0.15, -0.1) is 0 Å². The predicted octanol–water partition coefficient (Wildman–Crippen LogP) is 2.11. The highest BCUT2D eigenvalue weighted by molar-refractivity contribution is 7.99. The van der Waals surface area contributed by atoms with Crippen LogP contribution in [0.25, 0.3) is 0 Å². The van der Waals surface area contributed by atoms with Crippen LogP contribution in [0.4, 0.5) is 0 Å². The molecule has 0 aromatic carbocycles. The zero-order valence-electron chi connectivity index (χ0n) is 11.7. The second kappa shape index (κ2) is 5.97. The van der Waals surface area contributed by atoms with Gasteiger partial charge in [0.2, 0.25) is 5.88 Å². The molecule has 1 saturated carbocycles. The predicted molar refractivity (Wildman–Crippen MR) is 76.3 cm³/mol. The van der Waals surface area contributed by atoms with E-state index in [4.69, 9.17) is 4.74 Å². The molecule has 4 nitrogen and oxygen atoms in total. The van der Waals surface area contributed by atoms with Crippen molar-refractivity contribution in [2.75, 3.05) is 13.4 Å². The Balaban J connectivity index is 1.94. The second-order valence-corrected chi connectivity index (χ2v) is 6.08. The molecule has 5 heteroatoms. The van der Waals surface area contributed by atoms with Gasteiger partial charge in [0.05, 0.1) is 18.4 Å². The number of aromatic nitrogens is 2. The van der Waals surface area contributed by atoms with E-state index in [1.165, 1.54) is 24.8 Å². The summed E-state index contributed by atoms with van der Waals surface area (Å²) >= 11 is 1.99. The first-order chi connectivity index (χ1) is 8.65. The van der Waals surface area contributed by atoms with E-state index >= 15 is 0 Å². The summed E-state index contributed by atoms with van der Waals surface area (Å²) in [5, 5.41) is 8.88. The minimum Gasteiger partial charge on any atom is -0.481 e. The van der Waals surface area contributed by atoms with Gasteiger partial charge in [-0.05, 0) is 32.4 Å². The van der Waals surface area contributed by atoms with Crippen LogP contribution in [0.2, 0.25) is 0 Å². The maximum atomic E-state index is 5.41. The topological polar surface area (TPSA) is 39.1 Å². The van der Waals surface area contributed by atoms with E-state index in [1.807, 2.05) is 30.4 Å². The molecule has 1 aliphatic rings. The maximum Gasteiger partial charge on any atom is 0.216 e. The van der Waals surface area contributed by atoms with Crippen LogP contribution < -0.4 is 10.1 Å². The minimum atomic E-state index is 0.645. The normalized spacial score (nSPS) is 23.6. The van der Waals surface area contributed by atoms with Gasteiger partial charge in [-0.1, -0.05) is 0 Å². The lowest BCUT2D eigenvalue weighted by atomic mass is 10.2. The molecular formula is C13H23N3OS. The molecule has 102 valence electrons. The van der Waals surface area contributed by atoms with Gasteiger partial charge < -0.3 is 10.1 Å². The van der Waals surface area contributed by atoms with Gasteiger partial charge in [-0.2, -0.15) is 16.9 Å². The zero-order valence-corrected chi connectivity index (χ0v) is 12.5. The maximum absolute atomic E-state index is 5.41. The van der Waals surface area contributed by atoms with Crippen molar-refractivity contribution in [2.45, 2.75) is 44.0 Å². The van der Waals surface area contributed by atoms with Crippen LogP contribution in [-0.2, 0) is 13.6 Å². The Morgan fingerprint density at radius 2 is 2.28 bits per heavy atom. The van der Waals surface area contributed by atoms with E-state index in [0.29, 0.717) is 6.04 Å². The third kappa shape index (κ3) is 2.83. The Bertz CT molecular complexity index is 405. The van der Waals surface area contributed by atoms with Crippen molar-refractivity contribution in [1.29, 1.82) is 0 Å². The molecule has 1 fully saturated rings. The highest BCUT2D eigenvalue weighted by Crippen LogP contribution is 2.29. The summed E-state index contributed by atoms with van der Waals surface area (Å²) in [5.41, 5.74) is 2.24. The molecule has 1 N–H and O–H groups in total. The molecule has 0 radical (unpaired) electrons. The average molecular weight is 269 g/mol. The molecule has 1 aromatic rings. The van der Waals surface area contributed by atoms with Gasteiger partial charge in [0.1, 0.15) is 0 Å². The molecule has 2 atom stereocenters. The van der Waals surface area contributed by atoms with Crippen LogP contribution in [-0.4, -0.2) is 34.4 Å². The number of hydrogen-bond donors (Lipinski definition) is 1. The van der Waals surface area contributed by atoms with Gasteiger partial charge in [0, 0.05) is 24.9 Å². The Morgan fingerprint density at radius 1 is 1.50 bits per heavy atom. The monoisotopic (exact) mass is 269 g/mol. The van der Waals surface area contributed by atoms with Crippen LogP contribution in [0.5, 0.6) is 5.88 Å². The van der Waals surface area contributed by atoms with Crippen molar-refractivity contribution in [1.82, 2.24) is 15.1 Å². The van der Waals surface area contributed by atoms with Crippen LogP contribution in [0.3, 0.4) is 0 Å². The SMILES string of the molecule is COc1c(CNC2CCC(SC)C2)c(C)nn1C. The van der Waals surface area contributed by atoms with Crippen molar-refractivity contribution in [3.8, 4) is 5.88 Å². The minimum absolute atomic E-state index is 0.645. The van der Waals surface area contributed by atoms with Crippen LogP contribution in [0.1, 0.15) is 30.5 Å². The molecule has 0 bridgehead atoms. The number of methoxy groups -OCH3 is 1. The Morgan fingerprint density at radius 3 is 2.89 bits per heavy atom. The van der Waals surface area contributed by atoms with Crippen LogP contribution in [0.15, 0.2) is 0 Å². The number of aryl methyl sites for hydroxylation is 2. The lowest BCUT2D eigenvalue weighted by Crippen LogP contribution is -2.26. The third-order valence-corrected chi connectivity index (χ3v) is 4.86. The second-order valence-electron chi connectivity index (χ2n) is 4.95. The fraction of sp³-hybridized carbons (Fsp3) is 0.769. The van der Waals surface area contributed by atoms with Crippen molar-refractivity contribution in [2.24, 2.45) is 7.05 Å². The number of hydrogen-bond acceptors (Lipinski definition) is 4. The smallest absolute Gasteiger partial charge is 0.216 e. The van der Waals surface area contributed by atoms with Gasteiger partial charge in [-0.3, -0.25) is 0 Å². The first-order valence-electron chi connectivity index (χ1n) is 6.48.